The summed E-state index contributed by atoms with van der Waals surface area (Å²) in [4.78, 5) is 0. The van der Waals surface area contributed by atoms with Crippen LogP contribution < -0.4 is 0 Å². The molecule has 25 heavy (non-hydrogen) atoms. The Hall–Kier alpha value is -1.36. The average Bonchev–Trinajstić information content (AvgIpc) is 2.67. The molecule has 5 unspecified atom stereocenters. The van der Waals surface area contributed by atoms with E-state index < -0.39 is 0 Å². The van der Waals surface area contributed by atoms with E-state index in [2.05, 4.69) is 6.92 Å². The normalized spacial score (nSPS) is 34.7. The first-order chi connectivity index (χ1) is 12.2. The van der Waals surface area contributed by atoms with Gasteiger partial charge in [0.25, 0.3) is 0 Å². The number of hydrogen-bond donors (Lipinski definition) is 0. The van der Waals surface area contributed by atoms with E-state index in [4.69, 9.17) is 5.26 Å². The molecule has 0 spiro atoms. The van der Waals surface area contributed by atoms with Crippen LogP contribution in [0.25, 0.3) is 0 Å². The third-order valence-corrected chi connectivity index (χ3v) is 7.71. The fourth-order valence-corrected chi connectivity index (χ4v) is 6.15. The van der Waals surface area contributed by atoms with Gasteiger partial charge in [0, 0.05) is 0 Å². The molecule has 0 radical (unpaired) electrons. The molecule has 0 N–H and O–H groups in total. The Labute approximate surface area is 151 Å². The number of hydrogen-bond acceptors (Lipinski definition) is 1. The Morgan fingerprint density at radius 3 is 2.48 bits per heavy atom. The largest absolute Gasteiger partial charge is 0.205 e. The molecule has 0 bridgehead atoms. The third kappa shape index (κ3) is 3.23. The minimum absolute atomic E-state index is 0.213. The van der Waals surface area contributed by atoms with E-state index in [1.165, 1.54) is 50.5 Å². The number of nitriles is 1. The zero-order chi connectivity index (χ0) is 17.4. The molecular weight excluding hydrogens is 309 g/mol. The van der Waals surface area contributed by atoms with E-state index in [1.807, 2.05) is 12.1 Å². The molecule has 1 aromatic carbocycles. The van der Waals surface area contributed by atoms with Crippen molar-refractivity contribution in [3.05, 3.63) is 34.6 Å². The minimum Gasteiger partial charge on any atom is -0.205 e. The van der Waals surface area contributed by atoms with Gasteiger partial charge in [0.15, 0.2) is 0 Å². The van der Waals surface area contributed by atoms with Crippen molar-refractivity contribution < 1.29 is 4.39 Å². The van der Waals surface area contributed by atoms with Gasteiger partial charge in [-0.3, -0.25) is 0 Å². The second kappa shape index (κ2) is 7.10. The highest BCUT2D eigenvalue weighted by Gasteiger charge is 2.38. The predicted octanol–water partition coefficient (Wildman–Crippen LogP) is 6.04. The lowest BCUT2D eigenvalue weighted by Crippen LogP contribution is -2.35. The maximum atomic E-state index is 14.4. The van der Waals surface area contributed by atoms with Crippen molar-refractivity contribution >= 4 is 0 Å². The van der Waals surface area contributed by atoms with Crippen molar-refractivity contribution in [3.8, 4) is 6.07 Å². The molecule has 0 amide bonds. The van der Waals surface area contributed by atoms with E-state index in [9.17, 15) is 4.39 Å². The van der Waals surface area contributed by atoms with E-state index in [-0.39, 0.29) is 11.4 Å². The van der Waals surface area contributed by atoms with E-state index in [0.717, 1.165) is 54.4 Å². The van der Waals surface area contributed by atoms with Crippen LogP contribution in [0.4, 0.5) is 4.39 Å². The Morgan fingerprint density at radius 2 is 1.72 bits per heavy atom. The Morgan fingerprint density at radius 1 is 1.00 bits per heavy atom. The molecule has 0 heterocycles. The minimum atomic E-state index is -0.250. The van der Waals surface area contributed by atoms with Gasteiger partial charge in [-0.1, -0.05) is 25.8 Å². The third-order valence-electron chi connectivity index (χ3n) is 7.71. The van der Waals surface area contributed by atoms with Crippen LogP contribution in [0.5, 0.6) is 0 Å². The van der Waals surface area contributed by atoms with Gasteiger partial charge in [-0.2, -0.15) is 5.26 Å². The summed E-state index contributed by atoms with van der Waals surface area (Å²) >= 11 is 0. The molecule has 0 aliphatic heterocycles. The molecule has 2 heteroatoms. The maximum absolute atomic E-state index is 14.4. The number of benzene rings is 1. The number of fused-ring (bicyclic) bond motifs is 2. The summed E-state index contributed by atoms with van der Waals surface area (Å²) in [5.74, 6) is 4.25. The summed E-state index contributed by atoms with van der Waals surface area (Å²) in [5.41, 5.74) is 2.21. The lowest BCUT2D eigenvalue weighted by Gasteiger charge is -2.45. The number of halogens is 1. The first-order valence-corrected chi connectivity index (χ1v) is 10.4. The lowest BCUT2D eigenvalue weighted by molar-refractivity contribution is 0.0707. The van der Waals surface area contributed by atoms with Crippen molar-refractivity contribution in [2.75, 3.05) is 0 Å². The number of rotatable bonds is 2. The van der Waals surface area contributed by atoms with Gasteiger partial charge in [0.05, 0.1) is 5.56 Å². The summed E-state index contributed by atoms with van der Waals surface area (Å²) < 4.78 is 14.4. The van der Waals surface area contributed by atoms with Gasteiger partial charge >= 0.3 is 0 Å². The van der Waals surface area contributed by atoms with Gasteiger partial charge < -0.3 is 0 Å². The monoisotopic (exact) mass is 339 g/mol. The topological polar surface area (TPSA) is 23.8 Å². The summed E-state index contributed by atoms with van der Waals surface area (Å²) in [6, 6.07) is 5.68. The summed E-state index contributed by atoms with van der Waals surface area (Å²) in [6.45, 7) is 2.35. The van der Waals surface area contributed by atoms with Crippen LogP contribution in [0.2, 0.25) is 0 Å². The molecule has 4 rings (SSSR count). The quantitative estimate of drug-likeness (QED) is 0.644. The molecule has 3 aliphatic rings. The van der Waals surface area contributed by atoms with Crippen molar-refractivity contribution in [2.24, 2.45) is 29.6 Å². The Bertz CT molecular complexity index is 673. The summed E-state index contributed by atoms with van der Waals surface area (Å²) in [5, 5.41) is 9.03. The van der Waals surface area contributed by atoms with E-state index in [0.29, 0.717) is 0 Å². The SMILES string of the molecule is CCC1CCC2CC(C3CCc4c(ccc(C#N)c4F)C3)CCC2C1. The fourth-order valence-electron chi connectivity index (χ4n) is 6.15. The summed E-state index contributed by atoms with van der Waals surface area (Å²) in [6.07, 6.45) is 12.9. The smallest absolute Gasteiger partial charge is 0.144 e. The molecule has 0 saturated heterocycles. The summed E-state index contributed by atoms with van der Waals surface area (Å²) in [7, 11) is 0. The van der Waals surface area contributed by atoms with Gasteiger partial charge in [-0.15, -0.1) is 0 Å². The van der Waals surface area contributed by atoms with Crippen molar-refractivity contribution in [2.45, 2.75) is 71.1 Å². The molecule has 0 aromatic heterocycles. The standard InChI is InChI=1S/C23H30FN/c1-2-15-3-4-17-12-18(6-5-16(17)11-15)19-9-10-22-20(13-19)7-8-21(14-25)23(22)24/h7-8,15-19H,2-6,9-13H2,1H3. The van der Waals surface area contributed by atoms with Crippen molar-refractivity contribution in [1.29, 1.82) is 5.26 Å². The number of nitrogens with zero attached hydrogens (tertiary/aromatic N) is 1. The molecule has 5 atom stereocenters. The van der Waals surface area contributed by atoms with E-state index in [1.54, 1.807) is 6.07 Å². The highest BCUT2D eigenvalue weighted by molar-refractivity contribution is 5.41. The van der Waals surface area contributed by atoms with Crippen molar-refractivity contribution in [1.82, 2.24) is 0 Å². The van der Waals surface area contributed by atoms with Gasteiger partial charge in [0.1, 0.15) is 11.9 Å². The van der Waals surface area contributed by atoms with Crippen LogP contribution in [0.3, 0.4) is 0 Å². The second-order valence-electron chi connectivity index (χ2n) is 8.86. The molecule has 1 nitrogen and oxygen atoms in total. The van der Waals surface area contributed by atoms with Crippen LogP contribution in [-0.2, 0) is 12.8 Å². The van der Waals surface area contributed by atoms with Crippen LogP contribution in [-0.4, -0.2) is 0 Å². The van der Waals surface area contributed by atoms with Gasteiger partial charge in [0.2, 0.25) is 0 Å². The lowest BCUT2D eigenvalue weighted by atomic mass is 9.61. The van der Waals surface area contributed by atoms with Crippen molar-refractivity contribution in [3.63, 3.8) is 0 Å². The fraction of sp³-hybridized carbons (Fsp3) is 0.696. The highest BCUT2D eigenvalue weighted by atomic mass is 19.1. The molecule has 2 saturated carbocycles. The Balaban J connectivity index is 1.43. The highest BCUT2D eigenvalue weighted by Crippen LogP contribution is 2.48. The first kappa shape index (κ1) is 17.1. The van der Waals surface area contributed by atoms with Crippen LogP contribution in [0.15, 0.2) is 12.1 Å². The first-order valence-electron chi connectivity index (χ1n) is 10.4. The molecular formula is C23H30FN. The predicted molar refractivity (Wildman–Crippen MR) is 98.6 cm³/mol. The molecule has 3 aliphatic carbocycles. The van der Waals surface area contributed by atoms with E-state index >= 15 is 0 Å². The van der Waals surface area contributed by atoms with Gasteiger partial charge in [-0.05, 0) is 98.1 Å². The van der Waals surface area contributed by atoms with Crippen LogP contribution in [0, 0.1) is 46.7 Å². The second-order valence-corrected chi connectivity index (χ2v) is 8.86. The molecule has 134 valence electrons. The van der Waals surface area contributed by atoms with Crippen LogP contribution >= 0.6 is 0 Å². The molecule has 2 fully saturated rings. The Kier molecular flexibility index (Phi) is 4.85. The zero-order valence-corrected chi connectivity index (χ0v) is 15.4. The molecule has 1 aromatic rings. The maximum Gasteiger partial charge on any atom is 0.144 e. The average molecular weight is 339 g/mol. The van der Waals surface area contributed by atoms with Crippen LogP contribution in [0.1, 0.15) is 75.0 Å². The van der Waals surface area contributed by atoms with Gasteiger partial charge in [-0.25, -0.2) is 4.39 Å². The zero-order valence-electron chi connectivity index (χ0n) is 15.4.